The molecule has 288 valence electrons. The van der Waals surface area contributed by atoms with Gasteiger partial charge in [0.05, 0.1) is 22.2 Å². The van der Waals surface area contributed by atoms with Gasteiger partial charge in [0.1, 0.15) is 0 Å². The van der Waals surface area contributed by atoms with Crippen LogP contribution in [-0.4, -0.2) is 25.7 Å². The van der Waals surface area contributed by atoms with E-state index in [-0.39, 0.29) is 44.1 Å². The van der Waals surface area contributed by atoms with Crippen molar-refractivity contribution in [1.82, 2.24) is 19.9 Å². The standard InChI is InChI=1S/C45H30F6N6O/c46-44(47,48)37-15-3-13-33-39(29-9-1-11-31(19-29)54-23-27-7-5-17-52-21-27)35(25-56-41(33)37)43(58)36-26-57-42-34(14-4-16-38(42)45(49,50)51)40(36)30-10-2-12-32(20-30)55-24-28-8-6-18-53-22-28/h1-22,25-26,54-55H,23-24H2. The first-order chi connectivity index (χ1) is 28.0. The summed E-state index contributed by atoms with van der Waals surface area (Å²) in [4.78, 5) is 31.8. The maximum atomic E-state index is 15.1. The van der Waals surface area contributed by atoms with E-state index >= 15 is 4.79 Å². The van der Waals surface area contributed by atoms with E-state index in [4.69, 9.17) is 0 Å². The van der Waals surface area contributed by atoms with Crippen molar-refractivity contribution in [1.29, 1.82) is 0 Å². The molecule has 8 aromatic rings. The number of hydrogen-bond donors (Lipinski definition) is 2. The molecule has 4 aromatic carbocycles. The summed E-state index contributed by atoms with van der Waals surface area (Å²) in [6.07, 6.45) is -0.641. The predicted octanol–water partition coefficient (Wildman–Crippen LogP) is 11.4. The van der Waals surface area contributed by atoms with Crippen LogP contribution in [0.5, 0.6) is 0 Å². The largest absolute Gasteiger partial charge is 0.418 e. The van der Waals surface area contributed by atoms with Crippen molar-refractivity contribution in [2.45, 2.75) is 25.4 Å². The van der Waals surface area contributed by atoms with Crippen molar-refractivity contribution in [2.24, 2.45) is 0 Å². The van der Waals surface area contributed by atoms with Crippen LogP contribution in [0, 0.1) is 0 Å². The van der Waals surface area contributed by atoms with Crippen LogP contribution in [0.25, 0.3) is 44.1 Å². The highest BCUT2D eigenvalue weighted by Crippen LogP contribution is 2.43. The summed E-state index contributed by atoms with van der Waals surface area (Å²) in [5.41, 5.74) is 1.27. The number of nitrogens with zero attached hydrogens (tertiary/aromatic N) is 4. The second-order valence-corrected chi connectivity index (χ2v) is 13.4. The molecule has 0 aliphatic heterocycles. The number of halogens is 6. The SMILES string of the molecule is O=C(c1cnc2c(C(F)(F)F)cccc2c1-c1cccc(NCc2cccnc2)c1)c1cnc2c(C(F)(F)F)cccc2c1-c1cccc(NCc2cccnc2)c1. The number of benzene rings is 4. The molecule has 0 radical (unpaired) electrons. The number of nitrogens with one attached hydrogen (secondary N) is 2. The molecule has 0 saturated carbocycles. The van der Waals surface area contributed by atoms with Gasteiger partial charge in [-0.05, 0) is 70.8 Å². The molecule has 0 amide bonds. The summed E-state index contributed by atoms with van der Waals surface area (Å²) >= 11 is 0. The minimum atomic E-state index is -4.76. The van der Waals surface area contributed by atoms with E-state index in [0.717, 1.165) is 35.7 Å². The third-order valence-corrected chi connectivity index (χ3v) is 9.64. The van der Waals surface area contributed by atoms with E-state index < -0.39 is 29.3 Å². The summed E-state index contributed by atoms with van der Waals surface area (Å²) in [6, 6.07) is 28.4. The molecular weight excluding hydrogens is 755 g/mol. The Balaban J connectivity index is 1.32. The molecule has 0 fully saturated rings. The summed E-state index contributed by atoms with van der Waals surface area (Å²) in [5.74, 6) is -0.703. The maximum Gasteiger partial charge on any atom is 0.418 e. The number of hydrogen-bond acceptors (Lipinski definition) is 7. The number of fused-ring (bicyclic) bond motifs is 2. The first-order valence-electron chi connectivity index (χ1n) is 17.9. The van der Waals surface area contributed by atoms with E-state index in [0.29, 0.717) is 35.6 Å². The van der Waals surface area contributed by atoms with Crippen molar-refractivity contribution in [3.8, 4) is 22.3 Å². The van der Waals surface area contributed by atoms with Gasteiger partial charge in [0.2, 0.25) is 0 Å². The maximum absolute atomic E-state index is 15.1. The normalized spacial score (nSPS) is 11.8. The predicted molar refractivity (Wildman–Crippen MR) is 211 cm³/mol. The van der Waals surface area contributed by atoms with Crippen LogP contribution in [0.4, 0.5) is 37.7 Å². The van der Waals surface area contributed by atoms with E-state index in [1.807, 2.05) is 12.1 Å². The summed E-state index contributed by atoms with van der Waals surface area (Å²) in [6.45, 7) is 0.779. The van der Waals surface area contributed by atoms with E-state index in [2.05, 4.69) is 30.6 Å². The molecule has 0 aliphatic carbocycles. The average Bonchev–Trinajstić information content (AvgIpc) is 3.23. The fourth-order valence-corrected chi connectivity index (χ4v) is 7.00. The molecule has 7 nitrogen and oxygen atoms in total. The quantitative estimate of drug-likeness (QED) is 0.105. The number of carbonyl (C=O) groups excluding carboxylic acids is 1. The minimum Gasteiger partial charge on any atom is -0.381 e. The third-order valence-electron chi connectivity index (χ3n) is 9.64. The smallest absolute Gasteiger partial charge is 0.381 e. The summed E-state index contributed by atoms with van der Waals surface area (Å²) in [5, 5.41) is 6.71. The number of aromatic nitrogens is 4. The summed E-state index contributed by atoms with van der Waals surface area (Å²) in [7, 11) is 0. The molecule has 58 heavy (non-hydrogen) atoms. The molecule has 0 saturated heterocycles. The Bertz CT molecular complexity index is 2600. The number of ketones is 1. The van der Waals surface area contributed by atoms with Gasteiger partial charge in [-0.15, -0.1) is 0 Å². The number of rotatable bonds is 10. The number of pyridine rings is 4. The second-order valence-electron chi connectivity index (χ2n) is 13.4. The Labute approximate surface area is 327 Å². The molecular formula is C45H30F6N6O. The minimum absolute atomic E-state index is 0.0568. The Hall–Kier alpha value is -7.15. The van der Waals surface area contributed by atoms with Gasteiger partial charge >= 0.3 is 12.4 Å². The van der Waals surface area contributed by atoms with Gasteiger partial charge in [-0.25, -0.2) is 0 Å². The van der Waals surface area contributed by atoms with E-state index in [1.165, 1.54) is 24.3 Å². The molecule has 4 aromatic heterocycles. The zero-order chi connectivity index (χ0) is 40.4. The monoisotopic (exact) mass is 784 g/mol. The van der Waals surface area contributed by atoms with Crippen molar-refractivity contribution in [3.63, 3.8) is 0 Å². The average molecular weight is 785 g/mol. The molecule has 0 spiro atoms. The molecule has 2 N–H and O–H groups in total. The Morgan fingerprint density at radius 3 is 1.34 bits per heavy atom. The molecule has 8 rings (SSSR count). The fourth-order valence-electron chi connectivity index (χ4n) is 7.00. The highest BCUT2D eigenvalue weighted by Gasteiger charge is 2.36. The number of carbonyl (C=O) groups is 1. The second kappa shape index (κ2) is 15.4. The van der Waals surface area contributed by atoms with Crippen LogP contribution in [0.1, 0.15) is 38.2 Å². The fraction of sp³-hybridized carbons (Fsp3) is 0.0889. The van der Waals surface area contributed by atoms with Gasteiger partial charge in [0.25, 0.3) is 0 Å². The third kappa shape index (κ3) is 7.66. The van der Waals surface area contributed by atoms with Crippen molar-refractivity contribution >= 4 is 39.0 Å². The lowest BCUT2D eigenvalue weighted by molar-refractivity contribution is -0.137. The first-order valence-corrected chi connectivity index (χ1v) is 17.9. The zero-order valence-corrected chi connectivity index (χ0v) is 30.2. The first kappa shape index (κ1) is 37.8. The van der Waals surface area contributed by atoms with Crippen LogP contribution in [0.2, 0.25) is 0 Å². The van der Waals surface area contributed by atoms with Gasteiger partial charge in [0.15, 0.2) is 5.78 Å². The molecule has 13 heteroatoms. The van der Waals surface area contributed by atoms with Crippen LogP contribution >= 0.6 is 0 Å². The van der Waals surface area contributed by atoms with E-state index in [1.54, 1.807) is 85.5 Å². The highest BCUT2D eigenvalue weighted by atomic mass is 19.4. The lowest BCUT2D eigenvalue weighted by Crippen LogP contribution is -2.12. The topological polar surface area (TPSA) is 92.7 Å². The number of para-hydroxylation sites is 2. The molecule has 0 aliphatic rings. The molecule has 0 bridgehead atoms. The molecule has 0 atom stereocenters. The number of alkyl halides is 6. The Morgan fingerprint density at radius 1 is 0.517 bits per heavy atom. The van der Waals surface area contributed by atoms with Crippen LogP contribution in [0.3, 0.4) is 0 Å². The summed E-state index contributed by atoms with van der Waals surface area (Å²) < 4.78 is 86.2. The van der Waals surface area contributed by atoms with E-state index in [9.17, 15) is 26.3 Å². The zero-order valence-electron chi connectivity index (χ0n) is 30.2. The highest BCUT2D eigenvalue weighted by molar-refractivity contribution is 6.21. The molecule has 0 unspecified atom stereocenters. The lowest BCUT2D eigenvalue weighted by Gasteiger charge is -2.19. The van der Waals surface area contributed by atoms with Crippen molar-refractivity contribution in [2.75, 3.05) is 10.6 Å². The van der Waals surface area contributed by atoms with Crippen molar-refractivity contribution in [3.05, 3.63) is 180 Å². The van der Waals surface area contributed by atoms with Gasteiger partial charge in [-0.1, -0.05) is 60.7 Å². The van der Waals surface area contributed by atoms with Gasteiger partial charge in [-0.3, -0.25) is 24.7 Å². The van der Waals surface area contributed by atoms with Crippen molar-refractivity contribution < 1.29 is 31.1 Å². The Morgan fingerprint density at radius 2 is 0.948 bits per heavy atom. The van der Waals surface area contributed by atoms with Crippen LogP contribution in [-0.2, 0) is 25.4 Å². The van der Waals surface area contributed by atoms with Crippen LogP contribution < -0.4 is 10.6 Å². The van der Waals surface area contributed by atoms with Crippen LogP contribution in [0.15, 0.2) is 146 Å². The van der Waals surface area contributed by atoms with Gasteiger partial charge in [0, 0.05) is 94.7 Å². The number of anilines is 2. The van der Waals surface area contributed by atoms with Gasteiger partial charge in [-0.2, -0.15) is 26.3 Å². The molecule has 4 heterocycles. The lowest BCUT2D eigenvalue weighted by atomic mass is 9.87. The van der Waals surface area contributed by atoms with Gasteiger partial charge < -0.3 is 10.6 Å². The Kier molecular flexibility index (Phi) is 10.0.